The van der Waals surface area contributed by atoms with Crippen LogP contribution in [0, 0.1) is 5.92 Å². The zero-order valence-corrected chi connectivity index (χ0v) is 12.0. The lowest BCUT2D eigenvalue weighted by atomic mass is 9.84. The van der Waals surface area contributed by atoms with Crippen LogP contribution in [-0.2, 0) is 4.74 Å². The van der Waals surface area contributed by atoms with E-state index >= 15 is 0 Å². The van der Waals surface area contributed by atoms with Gasteiger partial charge >= 0.3 is 0 Å². The van der Waals surface area contributed by atoms with Crippen molar-refractivity contribution in [2.75, 3.05) is 33.9 Å². The molecule has 1 N–H and O–H groups in total. The number of nitrogens with zero attached hydrogens (tertiary/aromatic N) is 1. The van der Waals surface area contributed by atoms with Crippen LogP contribution in [0.3, 0.4) is 0 Å². The Labute approximate surface area is 107 Å². The minimum Gasteiger partial charge on any atom is -0.383 e. The maximum absolute atomic E-state index is 5.04. The summed E-state index contributed by atoms with van der Waals surface area (Å²) in [5, 5.41) is 3.45. The van der Waals surface area contributed by atoms with Gasteiger partial charge < -0.3 is 10.1 Å². The zero-order chi connectivity index (χ0) is 12.7. The first kappa shape index (κ1) is 14.9. The maximum atomic E-state index is 5.04. The first-order valence-corrected chi connectivity index (χ1v) is 7.08. The summed E-state index contributed by atoms with van der Waals surface area (Å²) in [5.74, 6) is 0.857. The third kappa shape index (κ3) is 4.94. The molecule has 3 heteroatoms. The predicted molar refractivity (Wildman–Crippen MR) is 73.4 cm³/mol. The number of rotatable bonds is 7. The van der Waals surface area contributed by atoms with Crippen LogP contribution in [0.4, 0.5) is 0 Å². The van der Waals surface area contributed by atoms with E-state index in [0.29, 0.717) is 6.04 Å². The molecule has 0 heterocycles. The largest absolute Gasteiger partial charge is 0.383 e. The molecule has 1 saturated carbocycles. The monoisotopic (exact) mass is 242 g/mol. The molecule has 3 nitrogen and oxygen atoms in total. The van der Waals surface area contributed by atoms with E-state index in [4.69, 9.17) is 4.74 Å². The number of methoxy groups -OCH3 is 1. The SMILES string of the molecule is COCCNCC(C)N(C)C1CCCCC1C. The van der Waals surface area contributed by atoms with Crippen molar-refractivity contribution in [2.24, 2.45) is 5.92 Å². The molecule has 1 rings (SSSR count). The molecule has 0 aromatic rings. The molecule has 0 amide bonds. The molecule has 0 aromatic carbocycles. The Bertz CT molecular complexity index is 199. The molecule has 0 bridgehead atoms. The van der Waals surface area contributed by atoms with Crippen molar-refractivity contribution in [3.63, 3.8) is 0 Å². The van der Waals surface area contributed by atoms with Gasteiger partial charge in [-0.15, -0.1) is 0 Å². The van der Waals surface area contributed by atoms with Gasteiger partial charge in [0.25, 0.3) is 0 Å². The predicted octanol–water partition coefficient (Wildman–Crippen LogP) is 2.12. The van der Waals surface area contributed by atoms with Crippen molar-refractivity contribution in [1.29, 1.82) is 0 Å². The number of nitrogens with one attached hydrogen (secondary N) is 1. The molecule has 0 aliphatic heterocycles. The molecule has 102 valence electrons. The van der Waals surface area contributed by atoms with Gasteiger partial charge in [0.05, 0.1) is 6.61 Å². The summed E-state index contributed by atoms with van der Waals surface area (Å²) >= 11 is 0. The third-order valence-electron chi connectivity index (χ3n) is 4.21. The van der Waals surface area contributed by atoms with Crippen LogP contribution in [-0.4, -0.2) is 50.8 Å². The van der Waals surface area contributed by atoms with E-state index in [1.807, 2.05) is 0 Å². The first-order valence-electron chi connectivity index (χ1n) is 7.08. The lowest BCUT2D eigenvalue weighted by molar-refractivity contribution is 0.101. The fourth-order valence-corrected chi connectivity index (χ4v) is 2.86. The van der Waals surface area contributed by atoms with Crippen LogP contribution in [0.25, 0.3) is 0 Å². The second-order valence-electron chi connectivity index (χ2n) is 5.54. The number of ether oxygens (including phenoxy) is 1. The Balaban J connectivity index is 2.26. The lowest BCUT2D eigenvalue weighted by Gasteiger charge is -2.39. The summed E-state index contributed by atoms with van der Waals surface area (Å²) in [6.45, 7) is 7.54. The molecule has 0 aromatic heterocycles. The van der Waals surface area contributed by atoms with Crippen molar-refractivity contribution in [3.05, 3.63) is 0 Å². The molecular weight excluding hydrogens is 212 g/mol. The Kier molecular flexibility index (Phi) is 7.09. The lowest BCUT2D eigenvalue weighted by Crippen LogP contribution is -2.47. The summed E-state index contributed by atoms with van der Waals surface area (Å²) < 4.78 is 5.04. The van der Waals surface area contributed by atoms with Crippen molar-refractivity contribution in [2.45, 2.75) is 51.6 Å². The average molecular weight is 242 g/mol. The zero-order valence-electron chi connectivity index (χ0n) is 12.0. The highest BCUT2D eigenvalue weighted by molar-refractivity contribution is 4.82. The summed E-state index contributed by atoms with van der Waals surface area (Å²) in [5.41, 5.74) is 0. The Hall–Kier alpha value is -0.120. The molecule has 1 aliphatic carbocycles. The van der Waals surface area contributed by atoms with Gasteiger partial charge in [-0.2, -0.15) is 0 Å². The fourth-order valence-electron chi connectivity index (χ4n) is 2.86. The van der Waals surface area contributed by atoms with Crippen LogP contribution in [0.5, 0.6) is 0 Å². The van der Waals surface area contributed by atoms with Crippen LogP contribution >= 0.6 is 0 Å². The summed E-state index contributed by atoms with van der Waals surface area (Å²) in [7, 11) is 4.04. The van der Waals surface area contributed by atoms with Gasteiger partial charge in [-0.1, -0.05) is 19.8 Å². The standard InChI is InChI=1S/C14H30N2O/c1-12-7-5-6-8-14(12)16(3)13(2)11-15-9-10-17-4/h12-15H,5-11H2,1-4H3. The quantitative estimate of drug-likeness (QED) is 0.692. The second kappa shape index (κ2) is 8.06. The molecular formula is C14H30N2O. The minimum absolute atomic E-state index is 0.609. The molecule has 3 atom stereocenters. The van der Waals surface area contributed by atoms with Crippen molar-refractivity contribution >= 4 is 0 Å². The van der Waals surface area contributed by atoms with Gasteiger partial charge in [-0.25, -0.2) is 0 Å². The molecule has 17 heavy (non-hydrogen) atoms. The van der Waals surface area contributed by atoms with E-state index in [1.165, 1.54) is 25.7 Å². The van der Waals surface area contributed by atoms with E-state index in [9.17, 15) is 0 Å². The topological polar surface area (TPSA) is 24.5 Å². The van der Waals surface area contributed by atoms with Crippen LogP contribution in [0.2, 0.25) is 0 Å². The highest BCUT2D eigenvalue weighted by atomic mass is 16.5. The van der Waals surface area contributed by atoms with E-state index in [0.717, 1.165) is 31.7 Å². The number of hydrogen-bond acceptors (Lipinski definition) is 3. The maximum Gasteiger partial charge on any atom is 0.0587 e. The second-order valence-corrected chi connectivity index (χ2v) is 5.54. The smallest absolute Gasteiger partial charge is 0.0587 e. The molecule has 1 aliphatic rings. The van der Waals surface area contributed by atoms with Crippen molar-refractivity contribution < 1.29 is 4.74 Å². The summed E-state index contributed by atoms with van der Waals surface area (Å²) in [4.78, 5) is 2.57. The first-order chi connectivity index (χ1) is 8.16. The van der Waals surface area contributed by atoms with Crippen LogP contribution in [0.1, 0.15) is 39.5 Å². The molecule has 0 radical (unpaired) electrons. The molecule has 0 spiro atoms. The van der Waals surface area contributed by atoms with E-state index in [-0.39, 0.29) is 0 Å². The molecule has 0 saturated heterocycles. The van der Waals surface area contributed by atoms with Crippen molar-refractivity contribution in [3.8, 4) is 0 Å². The fraction of sp³-hybridized carbons (Fsp3) is 1.00. The molecule has 1 fully saturated rings. The van der Waals surface area contributed by atoms with Gasteiger partial charge in [0, 0.05) is 32.3 Å². The number of likely N-dealkylation sites (N-methyl/N-ethyl adjacent to an activating group) is 1. The highest BCUT2D eigenvalue weighted by Gasteiger charge is 2.27. The molecule has 3 unspecified atom stereocenters. The average Bonchev–Trinajstić information content (AvgIpc) is 2.34. The third-order valence-corrected chi connectivity index (χ3v) is 4.21. The number of hydrogen-bond donors (Lipinski definition) is 1. The van der Waals surface area contributed by atoms with Gasteiger partial charge in [-0.3, -0.25) is 4.90 Å². The highest BCUT2D eigenvalue weighted by Crippen LogP contribution is 2.28. The van der Waals surface area contributed by atoms with Gasteiger partial charge in [0.2, 0.25) is 0 Å². The summed E-state index contributed by atoms with van der Waals surface area (Å²) in [6, 6.07) is 1.39. The normalized spacial score (nSPS) is 27.4. The Morgan fingerprint density at radius 2 is 2.06 bits per heavy atom. The van der Waals surface area contributed by atoms with Gasteiger partial charge in [0.1, 0.15) is 0 Å². The Morgan fingerprint density at radius 3 is 2.71 bits per heavy atom. The van der Waals surface area contributed by atoms with Gasteiger partial charge in [0.15, 0.2) is 0 Å². The van der Waals surface area contributed by atoms with Crippen molar-refractivity contribution in [1.82, 2.24) is 10.2 Å². The van der Waals surface area contributed by atoms with Crippen LogP contribution < -0.4 is 5.32 Å². The minimum atomic E-state index is 0.609. The van der Waals surface area contributed by atoms with E-state index in [2.05, 4.69) is 31.1 Å². The Morgan fingerprint density at radius 1 is 1.35 bits per heavy atom. The summed E-state index contributed by atoms with van der Waals surface area (Å²) in [6.07, 6.45) is 5.61. The van der Waals surface area contributed by atoms with E-state index in [1.54, 1.807) is 7.11 Å². The van der Waals surface area contributed by atoms with E-state index < -0.39 is 0 Å². The van der Waals surface area contributed by atoms with Crippen LogP contribution in [0.15, 0.2) is 0 Å². The van der Waals surface area contributed by atoms with Gasteiger partial charge in [-0.05, 0) is 32.7 Å².